The van der Waals surface area contributed by atoms with Crippen LogP contribution in [0.2, 0.25) is 0 Å². The Morgan fingerprint density at radius 1 is 1.50 bits per heavy atom. The van der Waals surface area contributed by atoms with E-state index in [0.717, 1.165) is 17.5 Å². The maximum atomic E-state index is 10.8. The molecule has 94 valence electrons. The number of hydrogen-bond donors (Lipinski definition) is 3. The molecule has 0 saturated carbocycles. The molecule has 1 aliphatic heterocycles. The van der Waals surface area contributed by atoms with Crippen LogP contribution in [0.4, 0.5) is 10.7 Å². The van der Waals surface area contributed by atoms with Crippen LogP contribution >= 0.6 is 0 Å². The second kappa shape index (κ2) is 4.21. The van der Waals surface area contributed by atoms with Crippen LogP contribution in [0.3, 0.4) is 0 Å². The van der Waals surface area contributed by atoms with Gasteiger partial charge < -0.3 is 20.3 Å². The van der Waals surface area contributed by atoms with Gasteiger partial charge in [0.05, 0.1) is 11.0 Å². The number of hydrogen-bond acceptors (Lipinski definition) is 3. The molecule has 1 atom stereocenters. The van der Waals surface area contributed by atoms with Gasteiger partial charge in [-0.25, -0.2) is 9.78 Å². The van der Waals surface area contributed by atoms with Gasteiger partial charge in [0.2, 0.25) is 5.95 Å². The monoisotopic (exact) mass is 246 g/mol. The van der Waals surface area contributed by atoms with Crippen molar-refractivity contribution in [1.29, 1.82) is 0 Å². The van der Waals surface area contributed by atoms with Crippen LogP contribution in [0.5, 0.6) is 0 Å². The SMILES string of the molecule is O=C(O)N1CCC(Nc2nc3ccccc3[nH]2)C1. The molecule has 1 aromatic heterocycles. The lowest BCUT2D eigenvalue weighted by Gasteiger charge is -2.12. The van der Waals surface area contributed by atoms with Gasteiger partial charge in [-0.2, -0.15) is 0 Å². The second-order valence-electron chi connectivity index (χ2n) is 4.46. The Balaban J connectivity index is 1.71. The van der Waals surface area contributed by atoms with Crippen LogP contribution < -0.4 is 5.32 Å². The number of benzene rings is 1. The van der Waals surface area contributed by atoms with Gasteiger partial charge in [-0.3, -0.25) is 0 Å². The molecule has 2 heterocycles. The van der Waals surface area contributed by atoms with E-state index in [1.165, 1.54) is 4.90 Å². The summed E-state index contributed by atoms with van der Waals surface area (Å²) < 4.78 is 0. The predicted octanol–water partition coefficient (Wildman–Crippen LogP) is 1.73. The summed E-state index contributed by atoms with van der Waals surface area (Å²) in [6.45, 7) is 1.08. The molecule has 3 rings (SSSR count). The number of amides is 1. The number of carboxylic acid groups (broad SMARTS) is 1. The quantitative estimate of drug-likeness (QED) is 0.753. The lowest BCUT2D eigenvalue weighted by Crippen LogP contribution is -2.30. The number of nitrogens with zero attached hydrogens (tertiary/aromatic N) is 2. The minimum atomic E-state index is -0.857. The van der Waals surface area contributed by atoms with Gasteiger partial charge in [-0.05, 0) is 18.6 Å². The Morgan fingerprint density at radius 3 is 3.06 bits per heavy atom. The molecule has 1 saturated heterocycles. The first-order valence-electron chi connectivity index (χ1n) is 5.91. The highest BCUT2D eigenvalue weighted by Gasteiger charge is 2.26. The van der Waals surface area contributed by atoms with Crippen LogP contribution in [-0.2, 0) is 0 Å². The van der Waals surface area contributed by atoms with Crippen LogP contribution in [0.15, 0.2) is 24.3 Å². The van der Waals surface area contributed by atoms with E-state index in [-0.39, 0.29) is 6.04 Å². The van der Waals surface area contributed by atoms with Crippen LogP contribution in [-0.4, -0.2) is 45.2 Å². The highest BCUT2D eigenvalue weighted by molar-refractivity contribution is 5.77. The summed E-state index contributed by atoms with van der Waals surface area (Å²) in [5.74, 6) is 0.702. The number of carbonyl (C=O) groups is 1. The van der Waals surface area contributed by atoms with Crippen molar-refractivity contribution in [3.05, 3.63) is 24.3 Å². The van der Waals surface area contributed by atoms with Crippen molar-refractivity contribution in [3.63, 3.8) is 0 Å². The zero-order valence-electron chi connectivity index (χ0n) is 9.76. The van der Waals surface area contributed by atoms with Gasteiger partial charge in [0.25, 0.3) is 0 Å². The summed E-state index contributed by atoms with van der Waals surface area (Å²) in [7, 11) is 0. The van der Waals surface area contributed by atoms with Gasteiger partial charge in [0.15, 0.2) is 0 Å². The van der Waals surface area contributed by atoms with Gasteiger partial charge >= 0.3 is 6.09 Å². The predicted molar refractivity (Wildman–Crippen MR) is 67.7 cm³/mol. The largest absolute Gasteiger partial charge is 0.465 e. The number of aromatic amines is 1. The van der Waals surface area contributed by atoms with E-state index in [2.05, 4.69) is 15.3 Å². The third kappa shape index (κ3) is 1.97. The molecule has 1 aliphatic rings. The average molecular weight is 246 g/mol. The maximum Gasteiger partial charge on any atom is 0.407 e. The first kappa shape index (κ1) is 10.9. The van der Waals surface area contributed by atoms with Crippen molar-refractivity contribution in [1.82, 2.24) is 14.9 Å². The fraction of sp³-hybridized carbons (Fsp3) is 0.333. The van der Waals surface area contributed by atoms with E-state index >= 15 is 0 Å². The summed E-state index contributed by atoms with van der Waals surface area (Å²) in [5.41, 5.74) is 1.89. The molecule has 0 spiro atoms. The molecule has 1 fully saturated rings. The number of rotatable bonds is 2. The first-order chi connectivity index (χ1) is 8.72. The zero-order chi connectivity index (χ0) is 12.5. The standard InChI is InChI=1S/C12H14N4O2/c17-12(18)16-6-5-8(7-16)13-11-14-9-3-1-2-4-10(9)15-11/h1-4,8H,5-7H2,(H,17,18)(H2,13,14,15). The molecule has 0 aliphatic carbocycles. The summed E-state index contributed by atoms with van der Waals surface area (Å²) >= 11 is 0. The molecule has 6 nitrogen and oxygen atoms in total. The summed E-state index contributed by atoms with van der Waals surface area (Å²) in [5, 5.41) is 12.1. The number of anilines is 1. The van der Waals surface area contributed by atoms with E-state index in [1.807, 2.05) is 24.3 Å². The molecule has 0 radical (unpaired) electrons. The third-order valence-corrected chi connectivity index (χ3v) is 3.19. The van der Waals surface area contributed by atoms with Crippen molar-refractivity contribution in [2.24, 2.45) is 0 Å². The number of fused-ring (bicyclic) bond motifs is 1. The molecule has 18 heavy (non-hydrogen) atoms. The smallest absolute Gasteiger partial charge is 0.407 e. The Bertz CT molecular complexity index is 547. The van der Waals surface area contributed by atoms with Gasteiger partial charge in [0.1, 0.15) is 0 Å². The van der Waals surface area contributed by atoms with Crippen molar-refractivity contribution < 1.29 is 9.90 Å². The molecule has 1 amide bonds. The number of imidazole rings is 1. The molecule has 2 aromatic rings. The summed E-state index contributed by atoms with van der Waals surface area (Å²) in [4.78, 5) is 19.8. The van der Waals surface area contributed by atoms with E-state index < -0.39 is 6.09 Å². The lowest BCUT2D eigenvalue weighted by atomic mass is 10.3. The molecular weight excluding hydrogens is 232 g/mol. The van der Waals surface area contributed by atoms with Gasteiger partial charge in [0, 0.05) is 19.1 Å². The van der Waals surface area contributed by atoms with Crippen molar-refractivity contribution >= 4 is 23.1 Å². The lowest BCUT2D eigenvalue weighted by molar-refractivity contribution is 0.155. The highest BCUT2D eigenvalue weighted by atomic mass is 16.4. The molecule has 1 aromatic carbocycles. The van der Waals surface area contributed by atoms with E-state index in [4.69, 9.17) is 5.11 Å². The summed E-state index contributed by atoms with van der Waals surface area (Å²) in [6, 6.07) is 7.92. The van der Waals surface area contributed by atoms with E-state index in [9.17, 15) is 4.79 Å². The van der Waals surface area contributed by atoms with Crippen LogP contribution in [0.1, 0.15) is 6.42 Å². The molecule has 0 bridgehead atoms. The van der Waals surface area contributed by atoms with Crippen LogP contribution in [0, 0.1) is 0 Å². The Hall–Kier alpha value is -2.24. The number of nitrogens with one attached hydrogen (secondary N) is 2. The average Bonchev–Trinajstić information content (AvgIpc) is 2.94. The van der Waals surface area contributed by atoms with Crippen LogP contribution in [0.25, 0.3) is 11.0 Å². The van der Waals surface area contributed by atoms with Gasteiger partial charge in [-0.15, -0.1) is 0 Å². The van der Waals surface area contributed by atoms with Crippen molar-refractivity contribution in [2.75, 3.05) is 18.4 Å². The number of H-pyrrole nitrogens is 1. The minimum Gasteiger partial charge on any atom is -0.465 e. The topological polar surface area (TPSA) is 81.2 Å². The molecular formula is C12H14N4O2. The number of aromatic nitrogens is 2. The van der Waals surface area contributed by atoms with Crippen molar-refractivity contribution in [2.45, 2.75) is 12.5 Å². The highest BCUT2D eigenvalue weighted by Crippen LogP contribution is 2.17. The zero-order valence-corrected chi connectivity index (χ0v) is 9.76. The minimum absolute atomic E-state index is 0.127. The number of para-hydroxylation sites is 2. The first-order valence-corrected chi connectivity index (χ1v) is 5.91. The van der Waals surface area contributed by atoms with Crippen molar-refractivity contribution in [3.8, 4) is 0 Å². The van der Waals surface area contributed by atoms with E-state index in [0.29, 0.717) is 19.0 Å². The molecule has 6 heteroatoms. The second-order valence-corrected chi connectivity index (χ2v) is 4.46. The Labute approximate surface area is 104 Å². The molecule has 1 unspecified atom stereocenters. The maximum absolute atomic E-state index is 10.8. The summed E-state index contributed by atoms with van der Waals surface area (Å²) in [6.07, 6.45) is -0.0486. The molecule has 3 N–H and O–H groups in total. The third-order valence-electron chi connectivity index (χ3n) is 3.19. The Morgan fingerprint density at radius 2 is 2.33 bits per heavy atom. The number of likely N-dealkylation sites (tertiary alicyclic amines) is 1. The fourth-order valence-electron chi connectivity index (χ4n) is 2.27. The Kier molecular flexibility index (Phi) is 2.55. The van der Waals surface area contributed by atoms with E-state index in [1.54, 1.807) is 0 Å². The fourth-order valence-corrected chi connectivity index (χ4v) is 2.27. The normalized spacial score (nSPS) is 19.3. The van der Waals surface area contributed by atoms with Gasteiger partial charge in [-0.1, -0.05) is 12.1 Å².